The molecule has 3 rings (SSSR count). The zero-order valence-corrected chi connectivity index (χ0v) is 12.3. The predicted molar refractivity (Wildman–Crippen MR) is 81.1 cm³/mol. The second-order valence-electron chi connectivity index (χ2n) is 5.34. The summed E-state index contributed by atoms with van der Waals surface area (Å²) in [6, 6.07) is 8.00. The number of nitrogens with one attached hydrogen (secondary N) is 1. The lowest BCUT2D eigenvalue weighted by Gasteiger charge is -2.30. The molecule has 5 nitrogen and oxygen atoms in total. The van der Waals surface area contributed by atoms with Gasteiger partial charge in [-0.1, -0.05) is 18.2 Å². The molecule has 2 heterocycles. The second kappa shape index (κ2) is 5.52. The molecule has 0 bridgehead atoms. The van der Waals surface area contributed by atoms with E-state index in [9.17, 15) is 4.79 Å². The minimum absolute atomic E-state index is 0.0833. The summed E-state index contributed by atoms with van der Waals surface area (Å²) >= 11 is 0. The van der Waals surface area contributed by atoms with Crippen molar-refractivity contribution >= 4 is 11.7 Å². The summed E-state index contributed by atoms with van der Waals surface area (Å²) < 4.78 is 0. The van der Waals surface area contributed by atoms with Crippen molar-refractivity contribution in [2.24, 2.45) is 0 Å². The van der Waals surface area contributed by atoms with Crippen LogP contribution in [0.3, 0.4) is 0 Å². The fourth-order valence-electron chi connectivity index (χ4n) is 2.65. The van der Waals surface area contributed by atoms with E-state index in [-0.39, 0.29) is 6.03 Å². The number of rotatable bonds is 1. The van der Waals surface area contributed by atoms with Crippen LogP contribution in [-0.2, 0) is 13.0 Å². The molecule has 0 radical (unpaired) electrons. The van der Waals surface area contributed by atoms with E-state index in [1.54, 1.807) is 12.3 Å². The number of carbonyl (C=O) groups is 1. The van der Waals surface area contributed by atoms with Gasteiger partial charge in [0.2, 0.25) is 0 Å². The van der Waals surface area contributed by atoms with E-state index in [0.717, 1.165) is 18.7 Å². The number of aromatic nitrogens is 2. The monoisotopic (exact) mass is 282 g/mol. The topological polar surface area (TPSA) is 58.1 Å². The summed E-state index contributed by atoms with van der Waals surface area (Å²) in [7, 11) is 0. The fraction of sp³-hybridized carbons (Fsp3) is 0.312. The zero-order chi connectivity index (χ0) is 14.8. The quantitative estimate of drug-likeness (QED) is 0.875. The first-order chi connectivity index (χ1) is 10.1. The number of aryl methyl sites for hydroxylation is 2. The Kier molecular flexibility index (Phi) is 3.56. The Morgan fingerprint density at radius 2 is 2.14 bits per heavy atom. The molecule has 1 aliphatic rings. The van der Waals surface area contributed by atoms with Gasteiger partial charge in [0.05, 0.1) is 17.6 Å². The van der Waals surface area contributed by atoms with Crippen molar-refractivity contribution < 1.29 is 4.79 Å². The van der Waals surface area contributed by atoms with Gasteiger partial charge in [0.1, 0.15) is 0 Å². The number of benzene rings is 1. The highest BCUT2D eigenvalue weighted by Crippen LogP contribution is 2.23. The maximum atomic E-state index is 12.4. The third kappa shape index (κ3) is 2.72. The van der Waals surface area contributed by atoms with Crippen LogP contribution in [0.2, 0.25) is 0 Å². The Morgan fingerprint density at radius 3 is 2.95 bits per heavy atom. The average molecular weight is 282 g/mol. The molecule has 2 amide bonds. The molecular formula is C16H18N4O. The van der Waals surface area contributed by atoms with Gasteiger partial charge < -0.3 is 10.2 Å². The molecule has 1 aliphatic heterocycles. The molecule has 1 N–H and O–H groups in total. The van der Waals surface area contributed by atoms with Crippen molar-refractivity contribution in [3.05, 3.63) is 52.8 Å². The lowest BCUT2D eigenvalue weighted by atomic mass is 9.96. The molecule has 2 aromatic rings. The molecule has 0 unspecified atom stereocenters. The zero-order valence-electron chi connectivity index (χ0n) is 12.3. The van der Waals surface area contributed by atoms with Crippen molar-refractivity contribution in [2.45, 2.75) is 26.8 Å². The maximum Gasteiger partial charge on any atom is 0.322 e. The molecule has 0 spiro atoms. The molecule has 0 atom stereocenters. The van der Waals surface area contributed by atoms with Crippen LogP contribution in [0, 0.1) is 13.8 Å². The Balaban J connectivity index is 1.76. The largest absolute Gasteiger partial charge is 0.322 e. The molecule has 1 aromatic carbocycles. The number of urea groups is 1. The van der Waals surface area contributed by atoms with Gasteiger partial charge in [0.15, 0.2) is 0 Å². The van der Waals surface area contributed by atoms with E-state index in [1.807, 2.05) is 11.8 Å². The third-order valence-electron chi connectivity index (χ3n) is 3.94. The van der Waals surface area contributed by atoms with Crippen LogP contribution in [0.4, 0.5) is 10.5 Å². The fourth-order valence-corrected chi connectivity index (χ4v) is 2.65. The van der Waals surface area contributed by atoms with Crippen molar-refractivity contribution in [2.75, 3.05) is 11.9 Å². The van der Waals surface area contributed by atoms with Gasteiger partial charge in [-0.3, -0.25) is 0 Å². The number of fused-ring (bicyclic) bond motifs is 1. The van der Waals surface area contributed by atoms with E-state index >= 15 is 0 Å². The first-order valence-corrected chi connectivity index (χ1v) is 7.07. The van der Waals surface area contributed by atoms with Gasteiger partial charge in [-0.05, 0) is 43.0 Å². The van der Waals surface area contributed by atoms with Gasteiger partial charge in [-0.15, -0.1) is 0 Å². The van der Waals surface area contributed by atoms with Crippen LogP contribution in [0.5, 0.6) is 0 Å². The van der Waals surface area contributed by atoms with Crippen molar-refractivity contribution in [3.63, 3.8) is 0 Å². The van der Waals surface area contributed by atoms with Crippen LogP contribution < -0.4 is 5.32 Å². The van der Waals surface area contributed by atoms with Crippen LogP contribution in [-0.4, -0.2) is 27.7 Å². The van der Waals surface area contributed by atoms with Crippen LogP contribution >= 0.6 is 0 Å². The Hall–Kier alpha value is -2.43. The SMILES string of the molecule is Cc1cccc2c1CN(C(=O)Nc1ccnnc1C)CC2. The molecule has 0 aliphatic carbocycles. The van der Waals surface area contributed by atoms with E-state index in [2.05, 4.69) is 40.6 Å². The van der Waals surface area contributed by atoms with E-state index in [4.69, 9.17) is 0 Å². The lowest BCUT2D eigenvalue weighted by Crippen LogP contribution is -2.39. The predicted octanol–water partition coefficient (Wildman–Crippen LogP) is 2.68. The molecule has 0 saturated heterocycles. The second-order valence-corrected chi connectivity index (χ2v) is 5.34. The highest BCUT2D eigenvalue weighted by Gasteiger charge is 2.22. The minimum Gasteiger partial charge on any atom is -0.320 e. The Bertz CT molecular complexity index is 684. The molecule has 1 aromatic heterocycles. The standard InChI is InChI=1S/C16H18N4O/c1-11-4-3-5-13-7-9-20(10-14(11)13)16(21)18-15-6-8-17-19-12(15)2/h3-6,8H,7,9-10H2,1-2H3,(H,17,18,21). The Labute approximate surface area is 124 Å². The number of carbonyl (C=O) groups excluding carboxylic acids is 1. The van der Waals surface area contributed by atoms with E-state index in [1.165, 1.54) is 16.7 Å². The summed E-state index contributed by atoms with van der Waals surface area (Å²) in [4.78, 5) is 14.2. The number of anilines is 1. The van der Waals surface area contributed by atoms with Crippen LogP contribution in [0.1, 0.15) is 22.4 Å². The third-order valence-corrected chi connectivity index (χ3v) is 3.94. The normalized spacial score (nSPS) is 13.7. The molecule has 21 heavy (non-hydrogen) atoms. The molecule has 0 saturated carbocycles. The average Bonchev–Trinajstić information content (AvgIpc) is 2.50. The smallest absolute Gasteiger partial charge is 0.320 e. The summed E-state index contributed by atoms with van der Waals surface area (Å²) in [6.07, 6.45) is 2.48. The summed E-state index contributed by atoms with van der Waals surface area (Å²) in [6.45, 7) is 5.32. The molecule has 5 heteroatoms. The van der Waals surface area contributed by atoms with E-state index < -0.39 is 0 Å². The van der Waals surface area contributed by atoms with Gasteiger partial charge in [0.25, 0.3) is 0 Å². The lowest BCUT2D eigenvalue weighted by molar-refractivity contribution is 0.206. The number of nitrogens with zero attached hydrogens (tertiary/aromatic N) is 3. The van der Waals surface area contributed by atoms with Gasteiger partial charge in [0, 0.05) is 13.1 Å². The minimum atomic E-state index is -0.0833. The Morgan fingerprint density at radius 1 is 1.29 bits per heavy atom. The highest BCUT2D eigenvalue weighted by molar-refractivity contribution is 5.89. The van der Waals surface area contributed by atoms with Crippen LogP contribution in [0.25, 0.3) is 0 Å². The first-order valence-electron chi connectivity index (χ1n) is 7.07. The number of amides is 2. The van der Waals surface area contributed by atoms with Gasteiger partial charge in [-0.25, -0.2) is 4.79 Å². The van der Waals surface area contributed by atoms with Gasteiger partial charge in [-0.2, -0.15) is 10.2 Å². The summed E-state index contributed by atoms with van der Waals surface area (Å²) in [5, 5.41) is 10.6. The van der Waals surface area contributed by atoms with Crippen LogP contribution in [0.15, 0.2) is 30.5 Å². The highest BCUT2D eigenvalue weighted by atomic mass is 16.2. The van der Waals surface area contributed by atoms with Gasteiger partial charge >= 0.3 is 6.03 Å². The van der Waals surface area contributed by atoms with Crippen molar-refractivity contribution in [1.82, 2.24) is 15.1 Å². The molecule has 108 valence electrons. The maximum absolute atomic E-state index is 12.4. The summed E-state index contributed by atoms with van der Waals surface area (Å²) in [5.41, 5.74) is 5.29. The molecule has 0 fully saturated rings. The van der Waals surface area contributed by atoms with E-state index in [0.29, 0.717) is 12.2 Å². The number of hydrogen-bond donors (Lipinski definition) is 1. The number of hydrogen-bond acceptors (Lipinski definition) is 3. The summed E-state index contributed by atoms with van der Waals surface area (Å²) in [5.74, 6) is 0. The molecular weight excluding hydrogens is 264 g/mol. The van der Waals surface area contributed by atoms with Crippen molar-refractivity contribution in [3.8, 4) is 0 Å². The van der Waals surface area contributed by atoms with Crippen molar-refractivity contribution in [1.29, 1.82) is 0 Å². The first kappa shape index (κ1) is 13.5.